The zero-order chi connectivity index (χ0) is 11.3. The summed E-state index contributed by atoms with van der Waals surface area (Å²) in [7, 11) is 0. The number of aldehydes is 1. The summed E-state index contributed by atoms with van der Waals surface area (Å²) >= 11 is 0. The van der Waals surface area contributed by atoms with E-state index in [4.69, 9.17) is 0 Å². The van der Waals surface area contributed by atoms with Gasteiger partial charge in [-0.2, -0.15) is 0 Å². The predicted octanol–water partition coefficient (Wildman–Crippen LogP) is 2.70. The van der Waals surface area contributed by atoms with E-state index < -0.39 is 17.8 Å². The van der Waals surface area contributed by atoms with Crippen molar-refractivity contribution in [2.75, 3.05) is 0 Å². The third kappa shape index (κ3) is 3.13. The molecule has 0 spiro atoms. The summed E-state index contributed by atoms with van der Waals surface area (Å²) in [5, 5.41) is 0. The lowest BCUT2D eigenvalue weighted by molar-refractivity contribution is -0.107. The summed E-state index contributed by atoms with van der Waals surface area (Å²) in [6.45, 7) is 0. The third-order valence-corrected chi connectivity index (χ3v) is 1.65. The SMILES string of the molecule is O=CCC#Cc1ccc(C(F)F)c(F)c1. The van der Waals surface area contributed by atoms with Gasteiger partial charge in [-0.05, 0) is 18.2 Å². The monoisotopic (exact) mass is 212 g/mol. The molecule has 0 radical (unpaired) electrons. The average Bonchev–Trinajstić information content (AvgIpc) is 2.17. The summed E-state index contributed by atoms with van der Waals surface area (Å²) in [6.07, 6.45) is -2.18. The number of hydrogen-bond acceptors (Lipinski definition) is 1. The van der Waals surface area contributed by atoms with Crippen molar-refractivity contribution in [3.63, 3.8) is 0 Å². The van der Waals surface area contributed by atoms with Crippen LogP contribution in [-0.4, -0.2) is 6.29 Å². The topological polar surface area (TPSA) is 17.1 Å². The van der Waals surface area contributed by atoms with Crippen LogP contribution in [-0.2, 0) is 4.79 Å². The Morgan fingerprint density at radius 3 is 2.67 bits per heavy atom. The second-order valence-corrected chi connectivity index (χ2v) is 2.71. The van der Waals surface area contributed by atoms with E-state index in [1.165, 1.54) is 6.07 Å². The first-order valence-corrected chi connectivity index (χ1v) is 4.15. The van der Waals surface area contributed by atoms with Crippen LogP contribution in [0.2, 0.25) is 0 Å². The second kappa shape index (κ2) is 5.20. The summed E-state index contributed by atoms with van der Waals surface area (Å²) in [6, 6.07) is 3.21. The maximum absolute atomic E-state index is 13.0. The number of halogens is 3. The van der Waals surface area contributed by atoms with Crippen LogP contribution in [0.4, 0.5) is 13.2 Å². The molecular formula is C11H7F3O. The van der Waals surface area contributed by atoms with Gasteiger partial charge in [0.25, 0.3) is 6.43 Å². The van der Waals surface area contributed by atoms with E-state index in [2.05, 4.69) is 11.8 Å². The highest BCUT2D eigenvalue weighted by molar-refractivity contribution is 5.55. The minimum atomic E-state index is -2.83. The lowest BCUT2D eigenvalue weighted by Gasteiger charge is -2.00. The van der Waals surface area contributed by atoms with E-state index in [0.29, 0.717) is 6.29 Å². The van der Waals surface area contributed by atoms with Crippen molar-refractivity contribution in [3.8, 4) is 11.8 Å². The molecule has 1 aromatic carbocycles. The lowest BCUT2D eigenvalue weighted by Crippen LogP contribution is -1.91. The number of rotatable bonds is 2. The normalized spacial score (nSPS) is 9.60. The number of carbonyl (C=O) groups is 1. The first-order chi connectivity index (χ1) is 7.15. The van der Waals surface area contributed by atoms with Crippen molar-refractivity contribution < 1.29 is 18.0 Å². The number of benzene rings is 1. The fourth-order valence-corrected chi connectivity index (χ4v) is 0.977. The van der Waals surface area contributed by atoms with Gasteiger partial charge in [-0.15, -0.1) is 0 Å². The summed E-state index contributed by atoms with van der Waals surface area (Å²) in [4.78, 5) is 9.93. The van der Waals surface area contributed by atoms with Crippen molar-refractivity contribution in [3.05, 3.63) is 35.1 Å². The van der Waals surface area contributed by atoms with E-state index in [-0.39, 0.29) is 12.0 Å². The fourth-order valence-electron chi connectivity index (χ4n) is 0.977. The number of carbonyl (C=O) groups excluding carboxylic acids is 1. The third-order valence-electron chi connectivity index (χ3n) is 1.65. The predicted molar refractivity (Wildman–Crippen MR) is 48.9 cm³/mol. The van der Waals surface area contributed by atoms with Gasteiger partial charge in [0.2, 0.25) is 0 Å². The molecule has 15 heavy (non-hydrogen) atoms. The van der Waals surface area contributed by atoms with E-state index >= 15 is 0 Å². The fraction of sp³-hybridized carbons (Fsp3) is 0.182. The maximum Gasteiger partial charge on any atom is 0.266 e. The largest absolute Gasteiger partial charge is 0.302 e. The highest BCUT2D eigenvalue weighted by Crippen LogP contribution is 2.22. The van der Waals surface area contributed by atoms with Crippen LogP contribution in [0.1, 0.15) is 24.0 Å². The minimum Gasteiger partial charge on any atom is -0.302 e. The first-order valence-electron chi connectivity index (χ1n) is 4.15. The van der Waals surface area contributed by atoms with Crippen molar-refractivity contribution in [2.24, 2.45) is 0 Å². The summed E-state index contributed by atoms with van der Waals surface area (Å²) in [5.74, 6) is 3.96. The zero-order valence-electron chi connectivity index (χ0n) is 7.64. The molecule has 1 aromatic rings. The molecule has 0 heterocycles. The Hall–Kier alpha value is -1.76. The molecule has 4 heteroatoms. The molecule has 0 aliphatic heterocycles. The van der Waals surface area contributed by atoms with Crippen LogP contribution in [0.25, 0.3) is 0 Å². The summed E-state index contributed by atoms with van der Waals surface area (Å²) in [5.41, 5.74) is -0.366. The van der Waals surface area contributed by atoms with Crippen LogP contribution in [0, 0.1) is 17.7 Å². The van der Waals surface area contributed by atoms with Crippen LogP contribution < -0.4 is 0 Å². The van der Waals surface area contributed by atoms with Crippen molar-refractivity contribution in [2.45, 2.75) is 12.8 Å². The molecule has 0 bridgehead atoms. The molecule has 1 nitrogen and oxygen atoms in total. The zero-order valence-corrected chi connectivity index (χ0v) is 7.64. The van der Waals surface area contributed by atoms with Gasteiger partial charge in [-0.1, -0.05) is 11.8 Å². The Morgan fingerprint density at radius 2 is 2.13 bits per heavy atom. The lowest BCUT2D eigenvalue weighted by atomic mass is 10.1. The minimum absolute atomic E-state index is 0.0399. The Morgan fingerprint density at radius 1 is 1.40 bits per heavy atom. The van der Waals surface area contributed by atoms with Crippen molar-refractivity contribution in [1.29, 1.82) is 0 Å². The Balaban J connectivity index is 2.93. The van der Waals surface area contributed by atoms with Crippen LogP contribution in [0.5, 0.6) is 0 Å². The van der Waals surface area contributed by atoms with E-state index in [9.17, 15) is 18.0 Å². The molecule has 0 N–H and O–H groups in total. The van der Waals surface area contributed by atoms with E-state index in [0.717, 1.165) is 12.1 Å². The van der Waals surface area contributed by atoms with Crippen LogP contribution in [0.3, 0.4) is 0 Å². The molecule has 1 rings (SSSR count). The molecule has 78 valence electrons. The van der Waals surface area contributed by atoms with E-state index in [1.807, 2.05) is 0 Å². The molecule has 0 saturated carbocycles. The molecule has 0 unspecified atom stereocenters. The van der Waals surface area contributed by atoms with Gasteiger partial charge in [0.15, 0.2) is 0 Å². The number of alkyl halides is 2. The molecule has 0 aromatic heterocycles. The van der Waals surface area contributed by atoms with Gasteiger partial charge < -0.3 is 4.79 Å². The van der Waals surface area contributed by atoms with Crippen molar-refractivity contribution >= 4 is 6.29 Å². The Kier molecular flexibility index (Phi) is 3.92. The van der Waals surface area contributed by atoms with Crippen LogP contribution in [0.15, 0.2) is 18.2 Å². The smallest absolute Gasteiger partial charge is 0.266 e. The molecule has 0 atom stereocenters. The number of hydrogen-bond donors (Lipinski definition) is 0. The van der Waals surface area contributed by atoms with Gasteiger partial charge >= 0.3 is 0 Å². The molecular weight excluding hydrogens is 205 g/mol. The Labute approximate surface area is 84.9 Å². The van der Waals surface area contributed by atoms with Gasteiger partial charge in [0.1, 0.15) is 12.1 Å². The van der Waals surface area contributed by atoms with Gasteiger partial charge in [-0.3, -0.25) is 0 Å². The highest BCUT2D eigenvalue weighted by Gasteiger charge is 2.12. The average molecular weight is 212 g/mol. The highest BCUT2D eigenvalue weighted by atomic mass is 19.3. The Bertz CT molecular complexity index is 416. The van der Waals surface area contributed by atoms with Gasteiger partial charge in [0.05, 0.1) is 12.0 Å². The molecule has 0 fully saturated rings. The first kappa shape index (κ1) is 11.3. The molecule has 0 saturated heterocycles. The molecule has 0 amide bonds. The summed E-state index contributed by atoms with van der Waals surface area (Å²) < 4.78 is 37.3. The maximum atomic E-state index is 13.0. The van der Waals surface area contributed by atoms with Gasteiger partial charge in [0, 0.05) is 5.56 Å². The second-order valence-electron chi connectivity index (χ2n) is 2.71. The molecule has 0 aliphatic rings. The van der Waals surface area contributed by atoms with Crippen molar-refractivity contribution in [1.82, 2.24) is 0 Å². The van der Waals surface area contributed by atoms with Gasteiger partial charge in [-0.25, -0.2) is 13.2 Å². The molecule has 0 aliphatic carbocycles. The quantitative estimate of drug-likeness (QED) is 0.544. The van der Waals surface area contributed by atoms with Crippen LogP contribution >= 0.6 is 0 Å². The van der Waals surface area contributed by atoms with E-state index in [1.54, 1.807) is 0 Å². The standard InChI is InChI=1S/C11H7F3O/c12-10-7-8(3-1-2-6-15)4-5-9(10)11(13)14/h4-7,11H,2H2.